The van der Waals surface area contributed by atoms with Crippen molar-refractivity contribution >= 4 is 11.9 Å². The van der Waals surface area contributed by atoms with Gasteiger partial charge in [-0.2, -0.15) is 13.2 Å². The van der Waals surface area contributed by atoms with Crippen molar-refractivity contribution in [1.29, 1.82) is 0 Å². The normalized spacial score (nSPS) is 12.7. The first-order valence-electron chi connectivity index (χ1n) is 6.00. The van der Waals surface area contributed by atoms with Crippen molar-refractivity contribution in [3.63, 3.8) is 0 Å². The van der Waals surface area contributed by atoms with Gasteiger partial charge < -0.3 is 15.2 Å². The molecule has 0 spiro atoms. The monoisotopic (exact) mass is 305 g/mol. The lowest BCUT2D eigenvalue weighted by Crippen LogP contribution is -2.46. The number of carboxylic acids is 1. The lowest BCUT2D eigenvalue weighted by Gasteiger charge is -2.18. The lowest BCUT2D eigenvalue weighted by atomic mass is 10.2. The first-order chi connectivity index (χ1) is 9.79. The highest BCUT2D eigenvalue weighted by atomic mass is 19.4. The molecule has 0 aliphatic carbocycles. The number of hydrogen-bond acceptors (Lipinski definition) is 3. The first kappa shape index (κ1) is 17.0. The molecule has 0 aliphatic rings. The number of rotatable bonds is 7. The molecule has 1 aromatic carbocycles. The SMILES string of the molecule is O=C(O)C[C@@H](COCc1ccccc1)NC(=O)C(F)(F)F. The van der Waals surface area contributed by atoms with Gasteiger partial charge in [-0.1, -0.05) is 30.3 Å². The molecule has 0 saturated carbocycles. The fraction of sp³-hybridized carbons (Fsp3) is 0.385. The second-order valence-corrected chi connectivity index (χ2v) is 4.27. The molecule has 0 radical (unpaired) electrons. The Balaban J connectivity index is 2.50. The molecule has 21 heavy (non-hydrogen) atoms. The molecule has 0 aromatic heterocycles. The molecule has 2 N–H and O–H groups in total. The molecule has 0 bridgehead atoms. The summed E-state index contributed by atoms with van der Waals surface area (Å²) in [6.07, 6.45) is -5.72. The van der Waals surface area contributed by atoms with Crippen LogP contribution < -0.4 is 5.32 Å². The van der Waals surface area contributed by atoms with Crippen LogP contribution in [0.15, 0.2) is 30.3 Å². The van der Waals surface area contributed by atoms with E-state index in [0.29, 0.717) is 0 Å². The van der Waals surface area contributed by atoms with E-state index >= 15 is 0 Å². The summed E-state index contributed by atoms with van der Waals surface area (Å²) < 4.78 is 41.6. The summed E-state index contributed by atoms with van der Waals surface area (Å²) in [5.41, 5.74) is 0.786. The highest BCUT2D eigenvalue weighted by molar-refractivity contribution is 5.82. The van der Waals surface area contributed by atoms with E-state index in [9.17, 15) is 22.8 Å². The zero-order valence-electron chi connectivity index (χ0n) is 10.9. The third-order valence-corrected chi connectivity index (χ3v) is 2.44. The minimum atomic E-state index is -5.06. The maximum absolute atomic E-state index is 12.1. The fourth-order valence-electron chi connectivity index (χ4n) is 1.52. The molecule has 1 aromatic rings. The standard InChI is InChI=1S/C13H14F3NO4/c14-13(15,16)12(20)17-10(6-11(18)19)8-21-7-9-4-2-1-3-5-9/h1-5,10H,6-8H2,(H,17,20)(H,18,19)/t10-/m0/s1. The topological polar surface area (TPSA) is 75.6 Å². The van der Waals surface area contributed by atoms with Gasteiger partial charge in [0.2, 0.25) is 0 Å². The van der Waals surface area contributed by atoms with Gasteiger partial charge in [0, 0.05) is 0 Å². The van der Waals surface area contributed by atoms with Gasteiger partial charge in [-0.15, -0.1) is 0 Å². The largest absolute Gasteiger partial charge is 0.481 e. The van der Waals surface area contributed by atoms with Crippen LogP contribution >= 0.6 is 0 Å². The number of ether oxygens (including phenoxy) is 1. The minimum Gasteiger partial charge on any atom is -0.481 e. The zero-order chi connectivity index (χ0) is 15.9. The maximum Gasteiger partial charge on any atom is 0.471 e. The van der Waals surface area contributed by atoms with E-state index in [1.54, 1.807) is 35.6 Å². The number of nitrogens with one attached hydrogen (secondary N) is 1. The number of halogens is 3. The van der Waals surface area contributed by atoms with Crippen molar-refractivity contribution < 1.29 is 32.6 Å². The van der Waals surface area contributed by atoms with Gasteiger partial charge in [0.15, 0.2) is 0 Å². The Labute approximate surface area is 118 Å². The molecule has 5 nitrogen and oxygen atoms in total. The van der Waals surface area contributed by atoms with Gasteiger partial charge in [0.05, 0.1) is 25.7 Å². The third-order valence-electron chi connectivity index (χ3n) is 2.44. The van der Waals surface area contributed by atoms with Crippen LogP contribution in [0.3, 0.4) is 0 Å². The van der Waals surface area contributed by atoms with E-state index in [1.807, 2.05) is 0 Å². The Bertz CT molecular complexity index is 476. The summed E-state index contributed by atoms with van der Waals surface area (Å²) in [4.78, 5) is 21.4. The number of carbonyl (C=O) groups excluding carboxylic acids is 1. The Morgan fingerprint density at radius 1 is 1.24 bits per heavy atom. The molecule has 0 heterocycles. The van der Waals surface area contributed by atoms with Gasteiger partial charge in [0.1, 0.15) is 0 Å². The summed E-state index contributed by atoms with van der Waals surface area (Å²) in [7, 11) is 0. The average molecular weight is 305 g/mol. The van der Waals surface area contributed by atoms with E-state index < -0.39 is 30.5 Å². The van der Waals surface area contributed by atoms with Crippen molar-refractivity contribution in [1.82, 2.24) is 5.32 Å². The van der Waals surface area contributed by atoms with Crippen LogP contribution in [0.25, 0.3) is 0 Å². The van der Waals surface area contributed by atoms with E-state index in [4.69, 9.17) is 9.84 Å². The third kappa shape index (κ3) is 6.75. The van der Waals surface area contributed by atoms with Crippen LogP contribution in [0.5, 0.6) is 0 Å². The first-order valence-corrected chi connectivity index (χ1v) is 6.00. The predicted octanol–water partition coefficient (Wildman–Crippen LogP) is 1.72. The van der Waals surface area contributed by atoms with Gasteiger partial charge in [-0.25, -0.2) is 0 Å². The highest BCUT2D eigenvalue weighted by Gasteiger charge is 2.39. The van der Waals surface area contributed by atoms with Crippen LogP contribution in [-0.4, -0.2) is 35.8 Å². The van der Waals surface area contributed by atoms with E-state index in [2.05, 4.69) is 0 Å². The molecule has 116 valence electrons. The summed E-state index contributed by atoms with van der Waals surface area (Å²) in [6, 6.07) is 7.57. The van der Waals surface area contributed by atoms with Gasteiger partial charge in [-0.05, 0) is 5.56 Å². The molecule has 0 fully saturated rings. The van der Waals surface area contributed by atoms with Crippen LogP contribution in [0.1, 0.15) is 12.0 Å². The quantitative estimate of drug-likeness (QED) is 0.804. The molecular formula is C13H14F3NO4. The molecule has 0 saturated heterocycles. The Hall–Kier alpha value is -2.09. The summed E-state index contributed by atoms with van der Waals surface area (Å²) in [5.74, 6) is -3.51. The van der Waals surface area contributed by atoms with E-state index in [0.717, 1.165) is 5.56 Å². The van der Waals surface area contributed by atoms with Crippen LogP contribution in [0.4, 0.5) is 13.2 Å². The molecule has 1 amide bonds. The van der Waals surface area contributed by atoms with Crippen LogP contribution in [0.2, 0.25) is 0 Å². The molecule has 0 aliphatic heterocycles. The average Bonchev–Trinajstić information content (AvgIpc) is 2.38. The number of alkyl halides is 3. The summed E-state index contributed by atoms with van der Waals surface area (Å²) in [5, 5.41) is 10.2. The predicted molar refractivity (Wildman–Crippen MR) is 66.3 cm³/mol. The zero-order valence-corrected chi connectivity index (χ0v) is 10.9. The van der Waals surface area contributed by atoms with Gasteiger partial charge >= 0.3 is 18.1 Å². The minimum absolute atomic E-state index is 0.110. The van der Waals surface area contributed by atoms with Crippen molar-refractivity contribution in [2.75, 3.05) is 6.61 Å². The number of carboxylic acid groups (broad SMARTS) is 1. The number of carbonyl (C=O) groups is 2. The van der Waals surface area contributed by atoms with Crippen LogP contribution in [0, 0.1) is 0 Å². The number of benzene rings is 1. The summed E-state index contributed by atoms with van der Waals surface area (Å²) >= 11 is 0. The second-order valence-electron chi connectivity index (χ2n) is 4.27. The Kier molecular flexibility index (Phi) is 6.16. The summed E-state index contributed by atoms with van der Waals surface area (Å²) in [6.45, 7) is -0.220. The van der Waals surface area contributed by atoms with E-state index in [1.165, 1.54) is 0 Å². The smallest absolute Gasteiger partial charge is 0.471 e. The number of amides is 1. The maximum atomic E-state index is 12.1. The molecule has 0 unspecified atom stereocenters. The number of aliphatic carboxylic acids is 1. The fourth-order valence-corrected chi connectivity index (χ4v) is 1.52. The molecular weight excluding hydrogens is 291 g/mol. The van der Waals surface area contributed by atoms with E-state index in [-0.39, 0.29) is 13.2 Å². The van der Waals surface area contributed by atoms with Crippen molar-refractivity contribution in [3.8, 4) is 0 Å². The Morgan fingerprint density at radius 3 is 2.38 bits per heavy atom. The highest BCUT2D eigenvalue weighted by Crippen LogP contribution is 2.15. The molecule has 8 heteroatoms. The van der Waals surface area contributed by atoms with Gasteiger partial charge in [-0.3, -0.25) is 9.59 Å². The Morgan fingerprint density at radius 2 is 1.86 bits per heavy atom. The number of hydrogen-bond donors (Lipinski definition) is 2. The molecule has 1 atom stereocenters. The van der Waals surface area contributed by atoms with Crippen molar-refractivity contribution in [2.45, 2.75) is 25.2 Å². The second kappa shape index (κ2) is 7.63. The van der Waals surface area contributed by atoms with Crippen molar-refractivity contribution in [2.24, 2.45) is 0 Å². The lowest BCUT2D eigenvalue weighted by molar-refractivity contribution is -0.175. The van der Waals surface area contributed by atoms with Crippen LogP contribution in [-0.2, 0) is 20.9 Å². The van der Waals surface area contributed by atoms with Gasteiger partial charge in [0.25, 0.3) is 0 Å². The molecule has 1 rings (SSSR count). The van der Waals surface area contributed by atoms with Crippen molar-refractivity contribution in [3.05, 3.63) is 35.9 Å².